The lowest BCUT2D eigenvalue weighted by molar-refractivity contribution is 0.0165. The van der Waals surface area contributed by atoms with Crippen LogP contribution in [0.1, 0.15) is 39.3 Å². The summed E-state index contributed by atoms with van der Waals surface area (Å²) in [4.78, 5) is 14.0. The van der Waals surface area contributed by atoms with Crippen LogP contribution >= 0.6 is 11.6 Å². The number of hydrogen-bond donors (Lipinski definition) is 0. The fraction of sp³-hybridized carbons (Fsp3) is 0.688. The third-order valence-electron chi connectivity index (χ3n) is 3.67. The summed E-state index contributed by atoms with van der Waals surface area (Å²) in [6.45, 7) is 7.01. The molecule has 1 aliphatic rings. The summed E-state index contributed by atoms with van der Waals surface area (Å²) in [5, 5.41) is 8.33. The summed E-state index contributed by atoms with van der Waals surface area (Å²) in [5.41, 5.74) is 0.294. The molecule has 23 heavy (non-hydrogen) atoms. The zero-order chi connectivity index (χ0) is 17.0. The third kappa shape index (κ3) is 5.23. The van der Waals surface area contributed by atoms with E-state index >= 15 is 0 Å². The molecule has 0 radical (unpaired) electrons. The van der Waals surface area contributed by atoms with Crippen molar-refractivity contribution in [2.24, 2.45) is 5.92 Å². The van der Waals surface area contributed by atoms with Gasteiger partial charge in [-0.1, -0.05) is 11.6 Å². The second-order valence-electron chi connectivity index (χ2n) is 6.82. The molecule has 128 valence electrons. The number of rotatable bonds is 3. The molecule has 0 aromatic carbocycles. The zero-order valence-electron chi connectivity index (χ0n) is 14.1. The molecule has 0 N–H and O–H groups in total. The van der Waals surface area contributed by atoms with E-state index in [1.165, 1.54) is 0 Å². The summed E-state index contributed by atoms with van der Waals surface area (Å²) in [7, 11) is 1.59. The van der Waals surface area contributed by atoms with Gasteiger partial charge in [-0.15, -0.1) is 5.10 Å². The predicted molar refractivity (Wildman–Crippen MR) is 87.8 cm³/mol. The van der Waals surface area contributed by atoms with Gasteiger partial charge < -0.3 is 14.4 Å². The summed E-state index contributed by atoms with van der Waals surface area (Å²) in [6.07, 6.45) is 2.43. The monoisotopic (exact) mass is 341 g/mol. The van der Waals surface area contributed by atoms with E-state index in [1.807, 2.05) is 20.8 Å². The molecule has 6 nitrogen and oxygen atoms in total. The van der Waals surface area contributed by atoms with Crippen LogP contribution in [-0.4, -0.2) is 47.0 Å². The Balaban J connectivity index is 2.00. The number of aromatic nitrogens is 2. The van der Waals surface area contributed by atoms with Crippen molar-refractivity contribution in [3.63, 3.8) is 0 Å². The summed E-state index contributed by atoms with van der Waals surface area (Å²) in [5.74, 6) is 0.944. The van der Waals surface area contributed by atoms with E-state index in [1.54, 1.807) is 18.1 Å². The topological polar surface area (TPSA) is 64.6 Å². The molecule has 1 aliphatic heterocycles. The lowest BCUT2D eigenvalue weighted by atomic mass is 9.93. The normalized spacial score (nSPS) is 18.7. The molecule has 0 aliphatic carbocycles. The van der Waals surface area contributed by atoms with Crippen LogP contribution in [0.15, 0.2) is 6.07 Å². The molecule has 7 heteroatoms. The van der Waals surface area contributed by atoms with Gasteiger partial charge in [0.25, 0.3) is 0 Å². The first-order valence-electron chi connectivity index (χ1n) is 7.82. The minimum absolute atomic E-state index is 0.253. The Morgan fingerprint density at radius 1 is 1.43 bits per heavy atom. The molecule has 1 saturated heterocycles. The molecule has 0 bridgehead atoms. The van der Waals surface area contributed by atoms with Crippen LogP contribution in [0.5, 0.6) is 5.75 Å². The smallest absolute Gasteiger partial charge is 0.410 e. The molecule has 2 heterocycles. The van der Waals surface area contributed by atoms with Gasteiger partial charge in [0.05, 0.1) is 7.11 Å². The van der Waals surface area contributed by atoms with E-state index in [0.717, 1.165) is 25.1 Å². The van der Waals surface area contributed by atoms with Crippen molar-refractivity contribution >= 4 is 17.7 Å². The minimum atomic E-state index is -0.477. The van der Waals surface area contributed by atoms with E-state index in [9.17, 15) is 4.79 Å². The van der Waals surface area contributed by atoms with Gasteiger partial charge in [0.1, 0.15) is 17.0 Å². The average Bonchev–Trinajstić information content (AvgIpc) is 2.47. The number of halogens is 1. The van der Waals surface area contributed by atoms with Crippen LogP contribution < -0.4 is 4.74 Å². The molecule has 1 aromatic rings. The molecule has 1 amide bonds. The lowest BCUT2D eigenvalue weighted by Gasteiger charge is -2.34. The van der Waals surface area contributed by atoms with Crippen molar-refractivity contribution in [1.29, 1.82) is 0 Å². The number of methoxy groups -OCH3 is 1. The van der Waals surface area contributed by atoms with E-state index < -0.39 is 5.60 Å². The van der Waals surface area contributed by atoms with Crippen LogP contribution in [0.2, 0.25) is 5.15 Å². The largest absolute Gasteiger partial charge is 0.495 e. The first kappa shape index (κ1) is 17.8. The van der Waals surface area contributed by atoms with Crippen molar-refractivity contribution < 1.29 is 14.3 Å². The third-order valence-corrected chi connectivity index (χ3v) is 3.86. The van der Waals surface area contributed by atoms with Gasteiger partial charge in [0.2, 0.25) is 0 Å². The highest BCUT2D eigenvalue weighted by Gasteiger charge is 2.28. The number of ether oxygens (including phenoxy) is 2. The summed E-state index contributed by atoms with van der Waals surface area (Å²) < 4.78 is 10.8. The second-order valence-corrected chi connectivity index (χ2v) is 7.21. The SMILES string of the molecule is COc1cc(Cl)nnc1CC1CCCN(C(=O)OC(C)(C)C)C1. The van der Waals surface area contributed by atoms with Crippen molar-refractivity contribution in [1.82, 2.24) is 15.1 Å². The fourth-order valence-corrected chi connectivity index (χ4v) is 2.83. The van der Waals surface area contributed by atoms with Crippen LogP contribution in [0.4, 0.5) is 4.79 Å². The van der Waals surface area contributed by atoms with E-state index in [4.69, 9.17) is 21.1 Å². The van der Waals surface area contributed by atoms with Gasteiger partial charge in [-0.05, 0) is 46.0 Å². The van der Waals surface area contributed by atoms with Crippen LogP contribution in [0, 0.1) is 5.92 Å². The molecular formula is C16H24ClN3O3. The van der Waals surface area contributed by atoms with Gasteiger partial charge in [-0.25, -0.2) is 4.79 Å². The Bertz CT molecular complexity index is 560. The number of likely N-dealkylation sites (tertiary alicyclic amines) is 1. The Labute approximate surface area is 142 Å². The number of piperidine rings is 1. The average molecular weight is 342 g/mol. The van der Waals surface area contributed by atoms with Gasteiger partial charge in [0.15, 0.2) is 5.15 Å². The molecular weight excluding hydrogens is 318 g/mol. The highest BCUT2D eigenvalue weighted by atomic mass is 35.5. The molecule has 1 aromatic heterocycles. The first-order chi connectivity index (χ1) is 10.8. The van der Waals surface area contributed by atoms with Crippen molar-refractivity contribution in [2.75, 3.05) is 20.2 Å². The summed E-state index contributed by atoms with van der Waals surface area (Å²) >= 11 is 5.84. The first-order valence-corrected chi connectivity index (χ1v) is 8.20. The Kier molecular flexibility index (Phi) is 5.68. The van der Waals surface area contributed by atoms with Crippen LogP contribution in [-0.2, 0) is 11.2 Å². The zero-order valence-corrected chi connectivity index (χ0v) is 14.9. The Morgan fingerprint density at radius 2 is 2.17 bits per heavy atom. The highest BCUT2D eigenvalue weighted by molar-refractivity contribution is 6.29. The number of amides is 1. The van der Waals surface area contributed by atoms with Crippen molar-refractivity contribution in [3.8, 4) is 5.75 Å². The fourth-order valence-electron chi connectivity index (χ4n) is 2.69. The number of nitrogens with zero attached hydrogens (tertiary/aromatic N) is 3. The highest BCUT2D eigenvalue weighted by Crippen LogP contribution is 2.26. The van der Waals surface area contributed by atoms with E-state index in [0.29, 0.717) is 29.8 Å². The predicted octanol–water partition coefficient (Wildman–Crippen LogP) is 3.33. The van der Waals surface area contributed by atoms with Crippen molar-refractivity contribution in [3.05, 3.63) is 16.9 Å². The maximum absolute atomic E-state index is 12.2. The Morgan fingerprint density at radius 3 is 2.83 bits per heavy atom. The molecule has 1 fully saturated rings. The van der Waals surface area contributed by atoms with E-state index in [2.05, 4.69) is 10.2 Å². The van der Waals surface area contributed by atoms with E-state index in [-0.39, 0.29) is 6.09 Å². The van der Waals surface area contributed by atoms with Gasteiger partial charge >= 0.3 is 6.09 Å². The van der Waals surface area contributed by atoms with Gasteiger partial charge in [-0.3, -0.25) is 0 Å². The van der Waals surface area contributed by atoms with Gasteiger partial charge in [0, 0.05) is 19.2 Å². The minimum Gasteiger partial charge on any atom is -0.495 e. The molecule has 1 unspecified atom stereocenters. The maximum atomic E-state index is 12.2. The van der Waals surface area contributed by atoms with Crippen molar-refractivity contribution in [2.45, 2.75) is 45.6 Å². The van der Waals surface area contributed by atoms with Gasteiger partial charge in [-0.2, -0.15) is 5.10 Å². The van der Waals surface area contributed by atoms with Crippen LogP contribution in [0.25, 0.3) is 0 Å². The molecule has 1 atom stereocenters. The lowest BCUT2D eigenvalue weighted by Crippen LogP contribution is -2.43. The Hall–Kier alpha value is -1.56. The standard InChI is InChI=1S/C16H24ClN3O3/c1-16(2,3)23-15(21)20-7-5-6-11(10-20)8-12-13(22-4)9-14(17)19-18-12/h9,11H,5-8,10H2,1-4H3. The second kappa shape index (κ2) is 7.34. The number of carbonyl (C=O) groups excluding carboxylic acids is 1. The molecule has 0 spiro atoms. The number of hydrogen-bond acceptors (Lipinski definition) is 5. The molecule has 2 rings (SSSR count). The quantitative estimate of drug-likeness (QED) is 0.843. The van der Waals surface area contributed by atoms with Crippen LogP contribution in [0.3, 0.4) is 0 Å². The summed E-state index contributed by atoms with van der Waals surface area (Å²) in [6, 6.07) is 1.67. The maximum Gasteiger partial charge on any atom is 0.410 e. The molecule has 0 saturated carbocycles. The number of carbonyl (C=O) groups is 1.